The van der Waals surface area contributed by atoms with E-state index >= 15 is 0 Å². The minimum atomic E-state index is -4.49. The van der Waals surface area contributed by atoms with Gasteiger partial charge in [0.05, 0.1) is 17.7 Å². The smallest absolute Gasteiger partial charge is 0.197 e. The largest absolute Gasteiger partial charge is 0.416 e. The van der Waals surface area contributed by atoms with E-state index in [9.17, 15) is 13.2 Å². The molecule has 0 unspecified atom stereocenters. The first-order valence-corrected chi connectivity index (χ1v) is 5.32. The quantitative estimate of drug-likeness (QED) is 0.837. The van der Waals surface area contributed by atoms with Crippen molar-refractivity contribution in [2.75, 3.05) is 0 Å². The van der Waals surface area contributed by atoms with E-state index in [0.717, 1.165) is 6.07 Å². The number of benzene rings is 1. The van der Waals surface area contributed by atoms with E-state index in [1.54, 1.807) is 12.1 Å². The van der Waals surface area contributed by atoms with Gasteiger partial charge in [-0.05, 0) is 17.7 Å². The summed E-state index contributed by atoms with van der Waals surface area (Å²) in [5.41, 5.74) is -0.865. The summed E-state index contributed by atoms with van der Waals surface area (Å²) in [6.45, 7) is 0. The Labute approximate surface area is 104 Å². The first-order chi connectivity index (χ1) is 7.88. The second-order valence-electron chi connectivity index (χ2n) is 3.31. The maximum Gasteiger partial charge on any atom is 0.416 e. The van der Waals surface area contributed by atoms with Crippen LogP contribution in [-0.2, 0) is 12.6 Å². The Kier molecular flexibility index (Phi) is 4.14. The average molecular weight is 303 g/mol. The summed E-state index contributed by atoms with van der Waals surface area (Å²) >= 11 is 2.96. The minimum Gasteiger partial charge on any atom is -0.197 e. The molecule has 2 nitrogen and oxygen atoms in total. The summed E-state index contributed by atoms with van der Waals surface area (Å²) in [5.74, 6) is -1.07. The number of hydrogen-bond donors (Lipinski definition) is 0. The number of halogens is 4. The molecule has 1 aromatic carbocycles. The van der Waals surface area contributed by atoms with E-state index in [1.807, 2.05) is 0 Å². The third-order valence-corrected chi connectivity index (χ3v) is 2.61. The Morgan fingerprint density at radius 1 is 1.24 bits per heavy atom. The summed E-state index contributed by atoms with van der Waals surface area (Å²) in [5, 5.41) is 17.1. The highest BCUT2D eigenvalue weighted by Gasteiger charge is 2.33. The van der Waals surface area contributed by atoms with Crippen LogP contribution >= 0.6 is 15.9 Å². The summed E-state index contributed by atoms with van der Waals surface area (Å²) in [6.07, 6.45) is -4.72. The minimum absolute atomic E-state index is 0.0474. The summed E-state index contributed by atoms with van der Waals surface area (Å²) in [7, 11) is 0. The van der Waals surface area contributed by atoms with Crippen molar-refractivity contribution in [3.05, 3.63) is 33.8 Å². The molecular weight excluding hydrogens is 297 g/mol. The SMILES string of the molecule is N#CC(C#N)Cc1ccc(Br)cc1C(F)(F)F. The van der Waals surface area contributed by atoms with Crippen LogP contribution in [0.3, 0.4) is 0 Å². The zero-order valence-corrected chi connectivity index (χ0v) is 10.0. The van der Waals surface area contributed by atoms with E-state index in [-0.39, 0.29) is 12.0 Å². The molecule has 0 aliphatic heterocycles. The van der Waals surface area contributed by atoms with Crippen LogP contribution < -0.4 is 0 Å². The molecule has 0 aliphatic rings. The summed E-state index contributed by atoms with van der Waals surface area (Å²) < 4.78 is 38.4. The van der Waals surface area contributed by atoms with Gasteiger partial charge in [-0.25, -0.2) is 0 Å². The van der Waals surface area contributed by atoms with Gasteiger partial charge in [-0.3, -0.25) is 0 Å². The van der Waals surface area contributed by atoms with Crippen LogP contribution in [0.25, 0.3) is 0 Å². The number of hydrogen-bond acceptors (Lipinski definition) is 2. The normalized spacial score (nSPS) is 11.0. The third-order valence-electron chi connectivity index (χ3n) is 2.11. The molecule has 6 heteroatoms. The van der Waals surface area contributed by atoms with E-state index in [0.29, 0.717) is 4.47 Å². The lowest BCUT2D eigenvalue weighted by Crippen LogP contribution is -2.11. The van der Waals surface area contributed by atoms with Crippen molar-refractivity contribution in [2.24, 2.45) is 5.92 Å². The van der Waals surface area contributed by atoms with Gasteiger partial charge in [0.2, 0.25) is 0 Å². The van der Waals surface area contributed by atoms with Gasteiger partial charge in [0.25, 0.3) is 0 Å². The van der Waals surface area contributed by atoms with Gasteiger partial charge in [0.1, 0.15) is 5.92 Å². The third kappa shape index (κ3) is 3.47. The highest BCUT2D eigenvalue weighted by molar-refractivity contribution is 9.10. The first-order valence-electron chi connectivity index (χ1n) is 4.53. The zero-order chi connectivity index (χ0) is 13.1. The van der Waals surface area contributed by atoms with E-state index in [1.165, 1.54) is 12.1 Å². The molecule has 0 N–H and O–H groups in total. The van der Waals surface area contributed by atoms with Gasteiger partial charge in [0.15, 0.2) is 0 Å². The predicted molar refractivity (Wildman–Crippen MR) is 57.6 cm³/mol. The summed E-state index contributed by atoms with van der Waals surface area (Å²) in [6, 6.07) is 6.98. The molecule has 0 atom stereocenters. The van der Waals surface area contributed by atoms with Gasteiger partial charge in [-0.15, -0.1) is 0 Å². The van der Waals surface area contributed by atoms with Crippen molar-refractivity contribution in [2.45, 2.75) is 12.6 Å². The van der Waals surface area contributed by atoms with Gasteiger partial charge in [0, 0.05) is 10.9 Å². The molecule has 88 valence electrons. The highest BCUT2D eigenvalue weighted by atomic mass is 79.9. The van der Waals surface area contributed by atoms with Crippen LogP contribution in [0.1, 0.15) is 11.1 Å². The second-order valence-corrected chi connectivity index (χ2v) is 4.23. The number of nitrogens with zero attached hydrogens (tertiary/aromatic N) is 2. The molecule has 1 rings (SSSR count). The van der Waals surface area contributed by atoms with Crippen LogP contribution in [0.4, 0.5) is 13.2 Å². The van der Waals surface area contributed by atoms with E-state index in [2.05, 4.69) is 15.9 Å². The standard InChI is InChI=1S/C11H6BrF3N2/c12-9-2-1-8(3-7(5-16)6-17)10(4-9)11(13,14)15/h1-2,4,7H,3H2. The Hall–Kier alpha value is -1.53. The molecular formula is C11H6BrF3N2. The Morgan fingerprint density at radius 2 is 1.82 bits per heavy atom. The molecule has 0 spiro atoms. The summed E-state index contributed by atoms with van der Waals surface area (Å²) in [4.78, 5) is 0. The molecule has 0 saturated heterocycles. The predicted octanol–water partition coefficient (Wildman–Crippen LogP) is 3.67. The molecule has 0 fully saturated rings. The lowest BCUT2D eigenvalue weighted by molar-refractivity contribution is -0.138. The number of nitriles is 2. The Morgan fingerprint density at radius 3 is 2.29 bits per heavy atom. The number of alkyl halides is 3. The molecule has 0 amide bonds. The highest BCUT2D eigenvalue weighted by Crippen LogP contribution is 2.34. The molecule has 1 aromatic rings. The van der Waals surface area contributed by atoms with E-state index < -0.39 is 17.7 Å². The maximum atomic E-state index is 12.7. The van der Waals surface area contributed by atoms with Gasteiger partial charge < -0.3 is 0 Å². The average Bonchev–Trinajstić information content (AvgIpc) is 2.26. The Bertz CT molecular complexity index is 483. The van der Waals surface area contributed by atoms with Crippen LogP contribution in [-0.4, -0.2) is 0 Å². The molecule has 0 aliphatic carbocycles. The van der Waals surface area contributed by atoms with E-state index in [4.69, 9.17) is 10.5 Å². The van der Waals surface area contributed by atoms with Crippen LogP contribution in [0.2, 0.25) is 0 Å². The second kappa shape index (κ2) is 5.20. The first kappa shape index (κ1) is 13.5. The Balaban J connectivity index is 3.17. The zero-order valence-electron chi connectivity index (χ0n) is 8.42. The van der Waals surface area contributed by atoms with Crippen LogP contribution in [0.5, 0.6) is 0 Å². The van der Waals surface area contributed by atoms with Crippen molar-refractivity contribution in [3.8, 4) is 12.1 Å². The molecule has 0 bridgehead atoms. The van der Waals surface area contributed by atoms with Crippen molar-refractivity contribution < 1.29 is 13.2 Å². The fraction of sp³-hybridized carbons (Fsp3) is 0.273. The van der Waals surface area contributed by atoms with Gasteiger partial charge in [-0.1, -0.05) is 22.0 Å². The monoisotopic (exact) mass is 302 g/mol. The topological polar surface area (TPSA) is 47.6 Å². The number of rotatable bonds is 2. The van der Waals surface area contributed by atoms with Crippen LogP contribution in [0, 0.1) is 28.6 Å². The van der Waals surface area contributed by atoms with Crippen molar-refractivity contribution in [3.63, 3.8) is 0 Å². The van der Waals surface area contributed by atoms with Crippen LogP contribution in [0.15, 0.2) is 22.7 Å². The van der Waals surface area contributed by atoms with Crippen molar-refractivity contribution >= 4 is 15.9 Å². The molecule has 0 radical (unpaired) electrons. The van der Waals surface area contributed by atoms with Gasteiger partial charge >= 0.3 is 6.18 Å². The lowest BCUT2D eigenvalue weighted by atomic mass is 9.97. The molecule has 0 saturated carbocycles. The fourth-order valence-corrected chi connectivity index (χ4v) is 1.69. The lowest BCUT2D eigenvalue weighted by Gasteiger charge is -2.13. The molecule has 0 aromatic heterocycles. The maximum absolute atomic E-state index is 12.7. The van der Waals surface area contributed by atoms with Crippen molar-refractivity contribution in [1.29, 1.82) is 10.5 Å². The molecule has 0 heterocycles. The molecule has 17 heavy (non-hydrogen) atoms. The van der Waals surface area contributed by atoms with Crippen molar-refractivity contribution in [1.82, 2.24) is 0 Å². The fourth-order valence-electron chi connectivity index (χ4n) is 1.33. The van der Waals surface area contributed by atoms with Gasteiger partial charge in [-0.2, -0.15) is 23.7 Å².